The Bertz CT molecular complexity index is 1160. The van der Waals surface area contributed by atoms with E-state index in [1.807, 2.05) is 12.1 Å². The molecule has 3 fully saturated rings. The summed E-state index contributed by atoms with van der Waals surface area (Å²) in [7, 11) is 0. The van der Waals surface area contributed by atoms with E-state index < -0.39 is 6.61 Å². The van der Waals surface area contributed by atoms with Gasteiger partial charge >= 0.3 is 6.61 Å². The van der Waals surface area contributed by atoms with Gasteiger partial charge in [-0.15, -0.1) is 0 Å². The van der Waals surface area contributed by atoms with Crippen LogP contribution in [-0.2, 0) is 4.74 Å². The molecule has 2 unspecified atom stereocenters. The summed E-state index contributed by atoms with van der Waals surface area (Å²) < 4.78 is 38.9. The molecule has 2 atom stereocenters. The molecule has 0 aliphatic carbocycles. The van der Waals surface area contributed by atoms with Crippen molar-refractivity contribution in [3.05, 3.63) is 35.3 Å². The molecule has 3 aliphatic heterocycles. The molecule has 5 heterocycles. The van der Waals surface area contributed by atoms with Crippen molar-refractivity contribution < 1.29 is 18.3 Å². The second kappa shape index (κ2) is 7.78. The van der Waals surface area contributed by atoms with Crippen molar-refractivity contribution in [2.45, 2.75) is 31.2 Å². The van der Waals surface area contributed by atoms with Crippen molar-refractivity contribution in [1.82, 2.24) is 24.5 Å². The van der Waals surface area contributed by atoms with Crippen LogP contribution in [0.3, 0.4) is 0 Å². The molecular formula is C20H20BrF2N7O2. The first-order chi connectivity index (χ1) is 15.5. The number of benzene rings is 1. The Kier molecular flexibility index (Phi) is 4.88. The fourth-order valence-corrected chi connectivity index (χ4v) is 5.27. The molecule has 9 nitrogen and oxygen atoms in total. The van der Waals surface area contributed by atoms with Crippen LogP contribution in [0.15, 0.2) is 35.3 Å². The van der Waals surface area contributed by atoms with Gasteiger partial charge in [0, 0.05) is 36.9 Å². The summed E-state index contributed by atoms with van der Waals surface area (Å²) in [6.07, 6.45) is 4.13. The SMILES string of the molecule is FC(F)Oc1cc(Nc2nc(Br)cn3ncnc23)ccc1N1CC2CC1CN2C1COC1. The summed E-state index contributed by atoms with van der Waals surface area (Å²) in [5, 5.41) is 7.26. The van der Waals surface area contributed by atoms with Crippen molar-refractivity contribution >= 4 is 38.8 Å². The Balaban J connectivity index is 1.28. The van der Waals surface area contributed by atoms with Gasteiger partial charge in [0.1, 0.15) is 10.9 Å². The van der Waals surface area contributed by atoms with Crippen LogP contribution in [0.4, 0.5) is 26.0 Å². The first-order valence-electron chi connectivity index (χ1n) is 10.4. The monoisotopic (exact) mass is 507 g/mol. The standard InChI is InChI=1S/C20H20BrF2N7O2/c21-17-7-30-19(24-10-25-30)18(27-17)26-11-1-2-15(16(3-11)32-20(22)23)29-6-12-4-13(29)5-28(12)14-8-31-9-14/h1-3,7,10,12-14,20H,4-6,8-9H2,(H,26,27). The number of rotatable bonds is 6. The first-order valence-corrected chi connectivity index (χ1v) is 11.2. The van der Waals surface area contributed by atoms with Crippen molar-refractivity contribution in [2.24, 2.45) is 0 Å². The number of ether oxygens (including phenoxy) is 2. The third-order valence-electron chi connectivity index (χ3n) is 6.35. The van der Waals surface area contributed by atoms with Gasteiger partial charge in [-0.05, 0) is 34.5 Å². The number of piperazine rings is 1. The van der Waals surface area contributed by atoms with Gasteiger partial charge in [-0.25, -0.2) is 14.5 Å². The van der Waals surface area contributed by atoms with Gasteiger partial charge < -0.3 is 19.7 Å². The number of likely N-dealkylation sites (tertiary alicyclic amines) is 1. The molecule has 0 spiro atoms. The molecule has 0 saturated carbocycles. The Morgan fingerprint density at radius 1 is 1.19 bits per heavy atom. The largest absolute Gasteiger partial charge is 0.433 e. The fourth-order valence-electron chi connectivity index (χ4n) is 4.90. The molecule has 32 heavy (non-hydrogen) atoms. The van der Waals surface area contributed by atoms with Crippen LogP contribution in [0, 0.1) is 0 Å². The van der Waals surface area contributed by atoms with Crippen molar-refractivity contribution in [3.8, 4) is 5.75 Å². The lowest BCUT2D eigenvalue weighted by Gasteiger charge is -2.43. The average molecular weight is 508 g/mol. The molecule has 168 valence electrons. The number of hydrogen-bond acceptors (Lipinski definition) is 8. The van der Waals surface area contributed by atoms with Crippen molar-refractivity contribution in [2.75, 3.05) is 36.5 Å². The number of aromatic nitrogens is 4. The van der Waals surface area contributed by atoms with E-state index >= 15 is 0 Å². The molecule has 0 amide bonds. The summed E-state index contributed by atoms with van der Waals surface area (Å²) in [5.74, 6) is 0.592. The van der Waals surface area contributed by atoms with E-state index in [9.17, 15) is 8.78 Å². The molecular weight excluding hydrogens is 488 g/mol. The van der Waals surface area contributed by atoms with E-state index in [0.29, 0.717) is 39.5 Å². The van der Waals surface area contributed by atoms with E-state index in [2.05, 4.69) is 46.1 Å². The average Bonchev–Trinajstić information content (AvgIpc) is 3.42. The van der Waals surface area contributed by atoms with Crippen LogP contribution in [0.5, 0.6) is 5.75 Å². The lowest BCUT2D eigenvalue weighted by Crippen LogP contribution is -2.56. The molecule has 6 rings (SSSR count). The van der Waals surface area contributed by atoms with Crippen molar-refractivity contribution in [3.63, 3.8) is 0 Å². The third kappa shape index (κ3) is 3.46. The smallest absolute Gasteiger partial charge is 0.387 e. The van der Waals surface area contributed by atoms with Gasteiger partial charge in [-0.2, -0.15) is 13.9 Å². The number of alkyl halides is 2. The van der Waals surface area contributed by atoms with Crippen LogP contribution in [0.1, 0.15) is 6.42 Å². The third-order valence-corrected chi connectivity index (χ3v) is 6.73. The minimum atomic E-state index is -2.92. The molecule has 1 N–H and O–H groups in total. The minimum absolute atomic E-state index is 0.142. The van der Waals surface area contributed by atoms with E-state index in [4.69, 9.17) is 9.47 Å². The van der Waals surface area contributed by atoms with Gasteiger partial charge in [0.15, 0.2) is 17.2 Å². The Morgan fingerprint density at radius 3 is 2.78 bits per heavy atom. The topological polar surface area (TPSA) is 80.0 Å². The van der Waals surface area contributed by atoms with Gasteiger partial charge in [0.25, 0.3) is 0 Å². The van der Waals surface area contributed by atoms with E-state index in [1.165, 1.54) is 6.33 Å². The fraction of sp³-hybridized carbons (Fsp3) is 0.450. The summed E-state index contributed by atoms with van der Waals surface area (Å²) in [6.45, 7) is 0.360. The number of anilines is 3. The maximum atomic E-state index is 13.3. The van der Waals surface area contributed by atoms with E-state index in [1.54, 1.807) is 16.8 Å². The summed E-state index contributed by atoms with van der Waals surface area (Å²) in [5.41, 5.74) is 1.77. The lowest BCUT2D eigenvalue weighted by atomic mass is 10.1. The molecule has 3 aliphatic rings. The highest BCUT2D eigenvalue weighted by molar-refractivity contribution is 9.10. The molecule has 3 saturated heterocycles. The predicted octanol–water partition coefficient (Wildman–Crippen LogP) is 2.89. The van der Waals surface area contributed by atoms with Gasteiger partial charge in [-0.1, -0.05) is 0 Å². The van der Waals surface area contributed by atoms with Gasteiger partial charge in [0.2, 0.25) is 0 Å². The summed E-state index contributed by atoms with van der Waals surface area (Å²) >= 11 is 3.35. The number of nitrogens with one attached hydrogen (secondary N) is 1. The maximum absolute atomic E-state index is 13.3. The second-order valence-corrected chi connectivity index (χ2v) is 9.02. The van der Waals surface area contributed by atoms with Crippen LogP contribution in [-0.4, -0.2) is 75.5 Å². The molecule has 12 heteroatoms. The first kappa shape index (κ1) is 20.1. The van der Waals surface area contributed by atoms with Crippen LogP contribution >= 0.6 is 15.9 Å². The van der Waals surface area contributed by atoms with Crippen LogP contribution < -0.4 is 15.0 Å². The predicted molar refractivity (Wildman–Crippen MR) is 116 cm³/mol. The number of hydrogen-bond donors (Lipinski definition) is 1. The Hall–Kier alpha value is -2.57. The quantitative estimate of drug-likeness (QED) is 0.545. The zero-order chi connectivity index (χ0) is 21.8. The zero-order valence-corrected chi connectivity index (χ0v) is 18.5. The second-order valence-electron chi connectivity index (χ2n) is 8.21. The highest BCUT2D eigenvalue weighted by atomic mass is 79.9. The molecule has 2 bridgehead atoms. The number of nitrogens with zero attached hydrogens (tertiary/aromatic N) is 6. The summed E-state index contributed by atoms with van der Waals surface area (Å²) in [4.78, 5) is 13.3. The zero-order valence-electron chi connectivity index (χ0n) is 16.9. The normalized spacial score (nSPS) is 23.3. The Morgan fingerprint density at radius 2 is 2.06 bits per heavy atom. The van der Waals surface area contributed by atoms with Gasteiger partial charge in [-0.3, -0.25) is 4.90 Å². The maximum Gasteiger partial charge on any atom is 0.387 e. The minimum Gasteiger partial charge on any atom is -0.433 e. The number of fused-ring (bicyclic) bond motifs is 3. The highest BCUT2D eigenvalue weighted by Crippen LogP contribution is 2.42. The van der Waals surface area contributed by atoms with Crippen LogP contribution in [0.2, 0.25) is 0 Å². The summed E-state index contributed by atoms with van der Waals surface area (Å²) in [6, 6.07) is 6.44. The van der Waals surface area contributed by atoms with Gasteiger partial charge in [0.05, 0.1) is 31.1 Å². The van der Waals surface area contributed by atoms with E-state index in [0.717, 1.165) is 32.7 Å². The number of halogens is 3. The lowest BCUT2D eigenvalue weighted by molar-refractivity contribution is -0.0709. The van der Waals surface area contributed by atoms with Crippen molar-refractivity contribution in [1.29, 1.82) is 0 Å². The molecule has 0 radical (unpaired) electrons. The van der Waals surface area contributed by atoms with Crippen LogP contribution in [0.25, 0.3) is 5.65 Å². The van der Waals surface area contributed by atoms with E-state index in [-0.39, 0.29) is 11.8 Å². The molecule has 3 aromatic rings. The highest BCUT2D eigenvalue weighted by Gasteiger charge is 2.47. The Labute approximate surface area is 190 Å². The molecule has 2 aromatic heterocycles. The molecule has 1 aromatic carbocycles.